The summed E-state index contributed by atoms with van der Waals surface area (Å²) in [6, 6.07) is 7.19. The number of nitrogens with zero attached hydrogens (tertiary/aromatic N) is 2. The molecule has 0 amide bonds. The van der Waals surface area contributed by atoms with E-state index < -0.39 is 0 Å². The number of hydrogen-bond donors (Lipinski definition) is 0. The van der Waals surface area contributed by atoms with E-state index in [9.17, 15) is 4.79 Å². The molecule has 0 N–H and O–H groups in total. The molecular formula is C18H13ClN2O. The largest absolute Gasteiger partial charge is 0.302 e. The first-order valence-corrected chi connectivity index (χ1v) is 7.53. The predicted octanol–water partition coefficient (Wildman–Crippen LogP) is 3.02. The normalized spacial score (nSPS) is 13.1. The summed E-state index contributed by atoms with van der Waals surface area (Å²) < 4.78 is 2.02. The van der Waals surface area contributed by atoms with Crippen molar-refractivity contribution in [3.63, 3.8) is 0 Å². The lowest BCUT2D eigenvalue weighted by atomic mass is 10.0. The molecule has 3 nitrogen and oxygen atoms in total. The number of carbonyl (C=O) groups excluding carboxylic acids is 1. The van der Waals surface area contributed by atoms with Crippen LogP contribution in [0.4, 0.5) is 0 Å². The summed E-state index contributed by atoms with van der Waals surface area (Å²) in [6.07, 6.45) is 11.0. The van der Waals surface area contributed by atoms with Crippen LogP contribution < -0.4 is 5.22 Å². The molecule has 0 saturated carbocycles. The monoisotopic (exact) mass is 308 g/mol. The number of aromatic nitrogens is 2. The number of halogens is 1. The van der Waals surface area contributed by atoms with Gasteiger partial charge < -0.3 is 4.40 Å². The number of benzene rings is 1. The van der Waals surface area contributed by atoms with Gasteiger partial charge in [0.25, 0.3) is 0 Å². The molecule has 0 unspecified atom stereocenters. The third kappa shape index (κ3) is 1.97. The second-order valence-electron chi connectivity index (χ2n) is 5.37. The van der Waals surface area contributed by atoms with Crippen molar-refractivity contribution in [3.05, 3.63) is 76.0 Å². The molecule has 0 atom stereocenters. The van der Waals surface area contributed by atoms with E-state index >= 15 is 0 Å². The fourth-order valence-corrected chi connectivity index (χ4v) is 3.30. The van der Waals surface area contributed by atoms with Gasteiger partial charge in [-0.2, -0.15) is 0 Å². The van der Waals surface area contributed by atoms with Crippen molar-refractivity contribution in [1.29, 1.82) is 0 Å². The standard InChI is InChI=1S/C18H13ClN2O/c19-15-8-4-3-7-14(15)18(22)9-16-12-5-1-2-6-13(12)17-10-20-11-21(16)17/h1-4,6-8,10-11H,5,9H2. The van der Waals surface area contributed by atoms with E-state index in [1.54, 1.807) is 18.5 Å². The first-order valence-electron chi connectivity index (χ1n) is 7.16. The van der Waals surface area contributed by atoms with Crippen LogP contribution >= 0.6 is 11.6 Å². The van der Waals surface area contributed by atoms with Crippen LogP contribution in [0.2, 0.25) is 5.02 Å². The second kappa shape index (κ2) is 5.11. The Morgan fingerprint density at radius 1 is 1.32 bits per heavy atom. The van der Waals surface area contributed by atoms with Gasteiger partial charge in [0.15, 0.2) is 5.78 Å². The average molecular weight is 309 g/mol. The van der Waals surface area contributed by atoms with Crippen LogP contribution in [0, 0.1) is 0 Å². The highest BCUT2D eigenvalue weighted by atomic mass is 35.5. The third-order valence-electron chi connectivity index (χ3n) is 4.10. The van der Waals surface area contributed by atoms with Crippen molar-refractivity contribution in [3.8, 4) is 0 Å². The Bertz CT molecular complexity index is 969. The molecule has 2 heterocycles. The van der Waals surface area contributed by atoms with Crippen molar-refractivity contribution in [1.82, 2.24) is 9.38 Å². The first-order chi connectivity index (χ1) is 10.8. The zero-order valence-corrected chi connectivity index (χ0v) is 12.5. The van der Waals surface area contributed by atoms with Crippen molar-refractivity contribution >= 4 is 29.0 Å². The maximum Gasteiger partial charge on any atom is 0.170 e. The minimum Gasteiger partial charge on any atom is -0.302 e. The lowest BCUT2D eigenvalue weighted by Crippen LogP contribution is -2.12. The van der Waals surface area contributed by atoms with Crippen molar-refractivity contribution in [2.75, 3.05) is 0 Å². The van der Waals surface area contributed by atoms with E-state index in [1.807, 2.05) is 22.7 Å². The van der Waals surface area contributed by atoms with Gasteiger partial charge in [0.05, 0.1) is 29.5 Å². The maximum absolute atomic E-state index is 12.6. The number of allylic oxidation sites excluding steroid dienone is 2. The molecule has 0 fully saturated rings. The summed E-state index contributed by atoms with van der Waals surface area (Å²) >= 11 is 6.14. The molecule has 2 aromatic heterocycles. The van der Waals surface area contributed by atoms with E-state index in [2.05, 4.69) is 23.2 Å². The minimum absolute atomic E-state index is 0.0311. The Morgan fingerprint density at radius 2 is 2.18 bits per heavy atom. The molecule has 0 aliphatic heterocycles. The van der Waals surface area contributed by atoms with Crippen LogP contribution in [0.15, 0.2) is 48.9 Å². The average Bonchev–Trinajstić information content (AvgIpc) is 3.11. The van der Waals surface area contributed by atoms with Crippen LogP contribution in [0.5, 0.6) is 0 Å². The van der Waals surface area contributed by atoms with Gasteiger partial charge in [0.2, 0.25) is 0 Å². The highest BCUT2D eigenvalue weighted by molar-refractivity contribution is 6.34. The zero-order valence-electron chi connectivity index (χ0n) is 11.8. The molecule has 1 aliphatic rings. The van der Waals surface area contributed by atoms with Gasteiger partial charge in [-0.05, 0) is 24.1 Å². The smallest absolute Gasteiger partial charge is 0.170 e. The molecule has 4 heteroatoms. The highest BCUT2D eigenvalue weighted by Gasteiger charge is 2.19. The quantitative estimate of drug-likeness (QED) is 0.697. The van der Waals surface area contributed by atoms with E-state index in [4.69, 9.17) is 11.6 Å². The van der Waals surface area contributed by atoms with Gasteiger partial charge in [-0.15, -0.1) is 0 Å². The van der Waals surface area contributed by atoms with Gasteiger partial charge in [-0.1, -0.05) is 42.0 Å². The molecule has 1 aromatic carbocycles. The Labute approximate surface area is 132 Å². The lowest BCUT2D eigenvalue weighted by molar-refractivity contribution is 0.0991. The molecule has 3 aromatic rings. The molecule has 0 spiro atoms. The van der Waals surface area contributed by atoms with Crippen molar-refractivity contribution in [2.24, 2.45) is 0 Å². The third-order valence-corrected chi connectivity index (χ3v) is 4.43. The number of ketones is 1. The number of hydrogen-bond acceptors (Lipinski definition) is 2. The van der Waals surface area contributed by atoms with Gasteiger partial charge in [-0.3, -0.25) is 4.79 Å². The first kappa shape index (κ1) is 13.3. The van der Waals surface area contributed by atoms with E-state index in [1.165, 1.54) is 10.8 Å². The van der Waals surface area contributed by atoms with E-state index in [0.29, 0.717) is 17.0 Å². The molecule has 0 saturated heterocycles. The molecule has 22 heavy (non-hydrogen) atoms. The maximum atomic E-state index is 12.6. The van der Waals surface area contributed by atoms with Gasteiger partial charge >= 0.3 is 0 Å². The SMILES string of the molecule is O=C(Cc1c2c(c3cncn13)=CC=CC2)c1ccccc1Cl. The van der Waals surface area contributed by atoms with Crippen LogP contribution in [0.1, 0.15) is 21.6 Å². The van der Waals surface area contributed by atoms with Crippen LogP contribution in [-0.2, 0) is 12.8 Å². The Kier molecular flexibility index (Phi) is 3.09. The minimum atomic E-state index is 0.0311. The van der Waals surface area contributed by atoms with Crippen molar-refractivity contribution in [2.45, 2.75) is 12.8 Å². The van der Waals surface area contributed by atoms with Gasteiger partial charge in [0.1, 0.15) is 0 Å². The molecule has 108 valence electrons. The summed E-state index contributed by atoms with van der Waals surface area (Å²) in [5.74, 6) is 0.0311. The van der Waals surface area contributed by atoms with Gasteiger partial charge in [-0.25, -0.2) is 4.98 Å². The van der Waals surface area contributed by atoms with Crippen LogP contribution in [-0.4, -0.2) is 15.2 Å². The molecule has 0 radical (unpaired) electrons. The highest BCUT2D eigenvalue weighted by Crippen LogP contribution is 2.20. The number of Topliss-reactive ketones (excluding diaryl/α,β-unsaturated/α-hetero) is 1. The van der Waals surface area contributed by atoms with Gasteiger partial charge in [0, 0.05) is 16.5 Å². The summed E-state index contributed by atoms with van der Waals surface area (Å²) in [5, 5.41) is 1.67. The Hall–Kier alpha value is -2.39. The Balaban J connectivity index is 1.82. The lowest BCUT2D eigenvalue weighted by Gasteiger charge is -2.06. The topological polar surface area (TPSA) is 34.4 Å². The van der Waals surface area contributed by atoms with Crippen LogP contribution in [0.3, 0.4) is 0 Å². The molecule has 1 aliphatic carbocycles. The zero-order chi connectivity index (χ0) is 15.1. The van der Waals surface area contributed by atoms with Crippen LogP contribution in [0.25, 0.3) is 11.6 Å². The van der Waals surface area contributed by atoms with Crippen molar-refractivity contribution < 1.29 is 4.79 Å². The van der Waals surface area contributed by atoms with E-state index in [0.717, 1.165) is 17.6 Å². The van der Waals surface area contributed by atoms with E-state index in [-0.39, 0.29) is 5.78 Å². The summed E-state index contributed by atoms with van der Waals surface area (Å²) in [7, 11) is 0. The fourth-order valence-electron chi connectivity index (χ4n) is 3.06. The molecule has 4 rings (SSSR count). The summed E-state index contributed by atoms with van der Waals surface area (Å²) in [5.41, 5.74) is 3.84. The number of imidazole rings is 1. The fraction of sp³-hybridized carbons (Fsp3) is 0.111. The second-order valence-corrected chi connectivity index (χ2v) is 5.77. The summed E-state index contributed by atoms with van der Waals surface area (Å²) in [4.78, 5) is 16.8. The number of carbonyl (C=O) groups is 1. The number of rotatable bonds is 3. The number of fused-ring (bicyclic) bond motifs is 3. The molecular weight excluding hydrogens is 296 g/mol. The molecule has 0 bridgehead atoms. The predicted molar refractivity (Wildman–Crippen MR) is 87.2 cm³/mol. The summed E-state index contributed by atoms with van der Waals surface area (Å²) in [6.45, 7) is 0. The Morgan fingerprint density at radius 3 is 3.05 bits per heavy atom.